The Morgan fingerprint density at radius 2 is 1.23 bits per heavy atom. The Hall–Kier alpha value is -3.08. The summed E-state index contributed by atoms with van der Waals surface area (Å²) in [4.78, 5) is 21.2. The average molecular weight is 547 g/mol. The molecule has 0 aliphatic carbocycles. The molecular formula is C35H47FN2O2. The highest BCUT2D eigenvalue weighted by Gasteiger charge is 2.15. The monoisotopic (exact) mass is 546 g/mol. The molecule has 0 spiro atoms. The van der Waals surface area contributed by atoms with Crippen LogP contribution in [0.3, 0.4) is 0 Å². The fraction of sp³-hybridized carbons (Fsp3) is 0.514. The number of rotatable bonds is 19. The zero-order valence-electron chi connectivity index (χ0n) is 24.6. The number of carbonyl (C=O) groups is 1. The fourth-order valence-corrected chi connectivity index (χ4v) is 4.93. The number of hydrogen-bond acceptors (Lipinski definition) is 4. The van der Waals surface area contributed by atoms with Crippen LogP contribution in [-0.4, -0.2) is 15.9 Å². The van der Waals surface area contributed by atoms with E-state index < -0.39 is 11.8 Å². The Labute approximate surface area is 240 Å². The molecule has 5 heteroatoms. The van der Waals surface area contributed by atoms with Crippen molar-refractivity contribution < 1.29 is 13.9 Å². The fourth-order valence-electron chi connectivity index (χ4n) is 4.93. The van der Waals surface area contributed by atoms with E-state index in [9.17, 15) is 9.18 Å². The predicted molar refractivity (Wildman–Crippen MR) is 162 cm³/mol. The van der Waals surface area contributed by atoms with Gasteiger partial charge in [-0.1, -0.05) is 121 Å². The summed E-state index contributed by atoms with van der Waals surface area (Å²) in [5.74, 6) is -1.34. The number of nitrogens with zero attached hydrogens (tertiary/aromatic N) is 2. The molecule has 1 aromatic heterocycles. The van der Waals surface area contributed by atoms with Crippen LogP contribution < -0.4 is 4.74 Å². The lowest BCUT2D eigenvalue weighted by atomic mass is 10.0. The molecule has 0 unspecified atom stereocenters. The lowest BCUT2D eigenvalue weighted by Crippen LogP contribution is -2.12. The maximum Gasteiger partial charge on any atom is 0.364 e. The van der Waals surface area contributed by atoms with Gasteiger partial charge in [0.2, 0.25) is 0 Å². The van der Waals surface area contributed by atoms with Crippen LogP contribution in [0.25, 0.3) is 11.3 Å². The number of halogens is 1. The second-order valence-electron chi connectivity index (χ2n) is 10.9. The minimum Gasteiger partial charge on any atom is -0.419 e. The Kier molecular flexibility index (Phi) is 14.4. The number of aromatic nitrogens is 2. The second kappa shape index (κ2) is 18.3. The van der Waals surface area contributed by atoms with Crippen molar-refractivity contribution in [3.05, 3.63) is 77.5 Å². The summed E-state index contributed by atoms with van der Waals surface area (Å²) in [5, 5.41) is 0. The van der Waals surface area contributed by atoms with Crippen molar-refractivity contribution in [3.63, 3.8) is 0 Å². The second-order valence-corrected chi connectivity index (χ2v) is 10.9. The first kappa shape index (κ1) is 31.4. The SMILES string of the molecule is CCCCCCCCCCc1ccc(-c2cnc(C(=O)Oc3ccc(CCCCCCCC)cc3F)cn2)cc1. The van der Waals surface area contributed by atoms with Gasteiger partial charge in [0, 0.05) is 5.56 Å². The number of benzene rings is 2. The summed E-state index contributed by atoms with van der Waals surface area (Å²) < 4.78 is 19.9. The van der Waals surface area contributed by atoms with Crippen molar-refractivity contribution in [2.45, 2.75) is 117 Å². The van der Waals surface area contributed by atoms with Crippen LogP contribution in [0.1, 0.15) is 125 Å². The third kappa shape index (κ3) is 11.2. The first-order chi connectivity index (χ1) is 19.6. The van der Waals surface area contributed by atoms with Gasteiger partial charge in [0.25, 0.3) is 0 Å². The highest BCUT2D eigenvalue weighted by atomic mass is 19.1. The third-order valence-corrected chi connectivity index (χ3v) is 7.45. The van der Waals surface area contributed by atoms with Crippen molar-refractivity contribution in [3.8, 4) is 17.0 Å². The van der Waals surface area contributed by atoms with E-state index in [0.29, 0.717) is 5.69 Å². The normalized spacial score (nSPS) is 11.1. The van der Waals surface area contributed by atoms with E-state index in [2.05, 4.69) is 35.9 Å². The Morgan fingerprint density at radius 1 is 0.675 bits per heavy atom. The van der Waals surface area contributed by atoms with Gasteiger partial charge in [0.15, 0.2) is 17.3 Å². The first-order valence-electron chi connectivity index (χ1n) is 15.5. The Morgan fingerprint density at radius 3 is 1.77 bits per heavy atom. The van der Waals surface area contributed by atoms with Crippen LogP contribution in [-0.2, 0) is 12.8 Å². The molecule has 0 atom stereocenters. The van der Waals surface area contributed by atoms with Gasteiger partial charge >= 0.3 is 5.97 Å². The van der Waals surface area contributed by atoms with Gasteiger partial charge in [-0.05, 0) is 48.9 Å². The van der Waals surface area contributed by atoms with Crippen LogP contribution in [0.2, 0.25) is 0 Å². The van der Waals surface area contributed by atoms with Crippen molar-refractivity contribution in [1.82, 2.24) is 9.97 Å². The number of ether oxygens (including phenoxy) is 1. The van der Waals surface area contributed by atoms with Crippen LogP contribution in [0.5, 0.6) is 5.75 Å². The smallest absolute Gasteiger partial charge is 0.364 e. The highest BCUT2D eigenvalue weighted by molar-refractivity contribution is 5.88. The number of esters is 1. The predicted octanol–water partition coefficient (Wildman–Crippen LogP) is 10.1. The molecule has 0 saturated heterocycles. The molecule has 0 bridgehead atoms. The molecule has 4 nitrogen and oxygen atoms in total. The first-order valence-corrected chi connectivity index (χ1v) is 15.5. The standard InChI is InChI=1S/C35H47FN2O2/c1-3-5-7-9-11-12-14-15-17-28-19-22-30(23-20-28)32-26-38-33(27-37-32)35(39)40-34-24-21-29(25-31(34)36)18-16-13-10-8-6-4-2/h19-27H,3-18H2,1-2H3. The van der Waals surface area contributed by atoms with Gasteiger partial charge in [0.1, 0.15) is 0 Å². The maximum absolute atomic E-state index is 14.6. The van der Waals surface area contributed by atoms with E-state index in [0.717, 1.165) is 36.8 Å². The molecule has 2 aromatic carbocycles. The van der Waals surface area contributed by atoms with Gasteiger partial charge in [0.05, 0.1) is 18.1 Å². The minimum atomic E-state index is -0.720. The average Bonchev–Trinajstić information content (AvgIpc) is 2.98. The van der Waals surface area contributed by atoms with Gasteiger partial charge in [-0.2, -0.15) is 0 Å². The quantitative estimate of drug-likeness (QED) is 0.0852. The van der Waals surface area contributed by atoms with Gasteiger partial charge in [-0.25, -0.2) is 14.2 Å². The molecular weight excluding hydrogens is 499 g/mol. The van der Waals surface area contributed by atoms with Crippen LogP contribution in [0, 0.1) is 5.82 Å². The van der Waals surface area contributed by atoms with E-state index in [1.165, 1.54) is 101 Å². The summed E-state index contributed by atoms with van der Waals surface area (Å²) in [6.07, 6.45) is 22.6. The van der Waals surface area contributed by atoms with E-state index in [4.69, 9.17) is 4.74 Å². The molecule has 216 valence electrons. The number of aryl methyl sites for hydroxylation is 2. The number of hydrogen-bond donors (Lipinski definition) is 0. The zero-order chi connectivity index (χ0) is 28.4. The molecule has 0 N–H and O–H groups in total. The lowest BCUT2D eigenvalue weighted by molar-refractivity contribution is 0.0721. The van der Waals surface area contributed by atoms with Crippen LogP contribution in [0.4, 0.5) is 4.39 Å². The van der Waals surface area contributed by atoms with E-state index in [1.807, 2.05) is 18.2 Å². The molecule has 40 heavy (non-hydrogen) atoms. The van der Waals surface area contributed by atoms with E-state index in [1.54, 1.807) is 6.20 Å². The summed E-state index contributed by atoms with van der Waals surface area (Å²) in [7, 11) is 0. The van der Waals surface area contributed by atoms with Crippen molar-refractivity contribution in [2.24, 2.45) is 0 Å². The number of carbonyl (C=O) groups excluding carboxylic acids is 1. The van der Waals surface area contributed by atoms with Gasteiger partial charge in [-0.15, -0.1) is 0 Å². The molecule has 3 aromatic rings. The highest BCUT2D eigenvalue weighted by Crippen LogP contribution is 2.22. The summed E-state index contributed by atoms with van der Waals surface area (Å²) in [5.41, 5.74) is 3.91. The molecule has 0 fully saturated rings. The Balaban J connectivity index is 1.43. The van der Waals surface area contributed by atoms with Crippen molar-refractivity contribution in [1.29, 1.82) is 0 Å². The third-order valence-electron chi connectivity index (χ3n) is 7.45. The minimum absolute atomic E-state index is 0.0469. The van der Waals surface area contributed by atoms with E-state index in [-0.39, 0.29) is 11.4 Å². The zero-order valence-corrected chi connectivity index (χ0v) is 24.6. The molecule has 0 aliphatic heterocycles. The molecule has 0 aliphatic rings. The molecule has 0 saturated carbocycles. The van der Waals surface area contributed by atoms with Gasteiger partial charge in [-0.3, -0.25) is 4.98 Å². The summed E-state index contributed by atoms with van der Waals surface area (Å²) >= 11 is 0. The summed E-state index contributed by atoms with van der Waals surface area (Å²) in [6, 6.07) is 13.2. The largest absolute Gasteiger partial charge is 0.419 e. The molecule has 3 rings (SSSR count). The molecule has 0 radical (unpaired) electrons. The molecule has 1 heterocycles. The van der Waals surface area contributed by atoms with Crippen molar-refractivity contribution in [2.75, 3.05) is 0 Å². The summed E-state index contributed by atoms with van der Waals surface area (Å²) in [6.45, 7) is 4.46. The van der Waals surface area contributed by atoms with E-state index >= 15 is 0 Å². The van der Waals surface area contributed by atoms with Gasteiger partial charge < -0.3 is 4.74 Å². The topological polar surface area (TPSA) is 52.1 Å². The Bertz CT molecular complexity index is 1130. The van der Waals surface area contributed by atoms with Crippen LogP contribution in [0.15, 0.2) is 54.9 Å². The maximum atomic E-state index is 14.6. The lowest BCUT2D eigenvalue weighted by Gasteiger charge is -2.08. The molecule has 0 amide bonds. The number of unbranched alkanes of at least 4 members (excludes halogenated alkanes) is 12. The van der Waals surface area contributed by atoms with Crippen LogP contribution >= 0.6 is 0 Å². The van der Waals surface area contributed by atoms with Crippen molar-refractivity contribution >= 4 is 5.97 Å².